The average molecular weight is 558 g/mol. The topological polar surface area (TPSA) is 111 Å². The lowest BCUT2D eigenvalue weighted by Gasteiger charge is -2.27. The molecule has 10 heteroatoms. The van der Waals surface area contributed by atoms with Gasteiger partial charge in [0.25, 0.3) is 5.91 Å². The highest BCUT2D eigenvalue weighted by Crippen LogP contribution is 2.15. The smallest absolute Gasteiger partial charge is 0.323 e. The fourth-order valence-corrected chi connectivity index (χ4v) is 3.45. The second-order valence-electron chi connectivity index (χ2n) is 6.69. The second kappa shape index (κ2) is 14.4. The van der Waals surface area contributed by atoms with Gasteiger partial charge in [0.15, 0.2) is 0 Å². The first-order valence-electron chi connectivity index (χ1n) is 9.77. The predicted octanol–water partition coefficient (Wildman–Crippen LogP) is 1.36. The van der Waals surface area contributed by atoms with Crippen molar-refractivity contribution in [2.75, 3.05) is 41.0 Å². The average Bonchev–Trinajstić information content (AvgIpc) is 2.80. The van der Waals surface area contributed by atoms with Gasteiger partial charge in [-0.1, -0.05) is 5.92 Å². The van der Waals surface area contributed by atoms with Crippen molar-refractivity contribution in [3.8, 4) is 12.3 Å². The van der Waals surface area contributed by atoms with Crippen molar-refractivity contribution in [1.82, 2.24) is 10.2 Å². The number of hydrogen-bond donors (Lipinski definition) is 1. The van der Waals surface area contributed by atoms with Gasteiger partial charge in [0.1, 0.15) is 6.04 Å². The van der Waals surface area contributed by atoms with E-state index in [-0.39, 0.29) is 19.0 Å². The van der Waals surface area contributed by atoms with Crippen molar-refractivity contribution in [2.45, 2.75) is 25.3 Å². The summed E-state index contributed by atoms with van der Waals surface area (Å²) in [5, 5.41) is 2.83. The number of halogens is 1. The molecule has 1 aromatic carbocycles. The van der Waals surface area contributed by atoms with Crippen LogP contribution in [0.15, 0.2) is 18.2 Å². The van der Waals surface area contributed by atoms with Crippen LogP contribution in [0, 0.1) is 15.9 Å². The number of esters is 3. The number of nitrogens with one attached hydrogen (secondary N) is 1. The predicted molar refractivity (Wildman–Crippen MR) is 125 cm³/mol. The van der Waals surface area contributed by atoms with Crippen LogP contribution in [0.1, 0.15) is 35.2 Å². The Bertz CT molecular complexity index is 848. The zero-order valence-electron chi connectivity index (χ0n) is 18.3. The summed E-state index contributed by atoms with van der Waals surface area (Å²) in [4.78, 5) is 49.6. The Morgan fingerprint density at radius 2 is 1.69 bits per heavy atom. The highest BCUT2D eigenvalue weighted by molar-refractivity contribution is 14.1. The van der Waals surface area contributed by atoms with Crippen LogP contribution in [0.5, 0.6) is 0 Å². The molecule has 0 radical (unpaired) electrons. The van der Waals surface area contributed by atoms with Crippen LogP contribution < -0.4 is 5.32 Å². The molecule has 0 aromatic heterocycles. The standard InChI is InChI=1S/C22H27IN2O7/c1-5-15-9-10-17(23)16(12-15)21(28)24-11-7-6-8-18(22(29)32-4)25(13-19(26)30-2)14-20(27)31-3/h1,9-10,12,18H,6-8,11,13-14H2,2-4H3,(H,24,28). The molecule has 1 atom stereocenters. The highest BCUT2D eigenvalue weighted by atomic mass is 127. The number of ether oxygens (including phenoxy) is 3. The van der Waals surface area contributed by atoms with E-state index in [4.69, 9.17) is 11.2 Å². The quantitative estimate of drug-likeness (QED) is 0.135. The van der Waals surface area contributed by atoms with Crippen LogP contribution in [-0.4, -0.2) is 75.7 Å². The van der Waals surface area contributed by atoms with E-state index in [0.29, 0.717) is 36.9 Å². The van der Waals surface area contributed by atoms with E-state index in [1.54, 1.807) is 18.2 Å². The van der Waals surface area contributed by atoms with E-state index >= 15 is 0 Å². The number of amides is 1. The lowest BCUT2D eigenvalue weighted by molar-refractivity contribution is -0.153. The van der Waals surface area contributed by atoms with Crippen molar-refractivity contribution in [2.24, 2.45) is 0 Å². The first kappa shape index (κ1) is 27.4. The first-order chi connectivity index (χ1) is 15.3. The Labute approximate surface area is 201 Å². The van der Waals surface area contributed by atoms with Crippen LogP contribution in [0.4, 0.5) is 0 Å². The zero-order valence-corrected chi connectivity index (χ0v) is 20.5. The number of carbonyl (C=O) groups is 4. The molecule has 0 fully saturated rings. The molecule has 9 nitrogen and oxygen atoms in total. The second-order valence-corrected chi connectivity index (χ2v) is 7.85. The molecule has 32 heavy (non-hydrogen) atoms. The summed E-state index contributed by atoms with van der Waals surface area (Å²) in [5.41, 5.74) is 1.11. The summed E-state index contributed by atoms with van der Waals surface area (Å²) in [7, 11) is 3.67. The number of hydrogen-bond acceptors (Lipinski definition) is 8. The van der Waals surface area contributed by atoms with E-state index in [2.05, 4.69) is 43.3 Å². The number of carbonyl (C=O) groups excluding carboxylic acids is 4. The van der Waals surface area contributed by atoms with E-state index < -0.39 is 23.9 Å². The van der Waals surface area contributed by atoms with Gasteiger partial charge in [-0.3, -0.25) is 24.1 Å². The normalized spacial score (nSPS) is 11.2. The largest absolute Gasteiger partial charge is 0.468 e. The molecule has 0 spiro atoms. The molecule has 0 aliphatic carbocycles. The van der Waals surface area contributed by atoms with Crippen LogP contribution in [0.2, 0.25) is 0 Å². The lowest BCUT2D eigenvalue weighted by Crippen LogP contribution is -2.47. The fraction of sp³-hybridized carbons (Fsp3) is 0.455. The Morgan fingerprint density at radius 3 is 2.22 bits per heavy atom. The molecule has 1 rings (SSSR count). The molecule has 174 valence electrons. The van der Waals surface area contributed by atoms with Gasteiger partial charge in [-0.15, -0.1) is 6.42 Å². The summed E-state index contributed by atoms with van der Waals surface area (Å²) in [6, 6.07) is 4.35. The van der Waals surface area contributed by atoms with E-state index in [1.165, 1.54) is 26.2 Å². The molecule has 0 bridgehead atoms. The van der Waals surface area contributed by atoms with Gasteiger partial charge in [-0.25, -0.2) is 0 Å². The Morgan fingerprint density at radius 1 is 1.06 bits per heavy atom. The minimum absolute atomic E-state index is 0.242. The maximum atomic E-state index is 12.4. The molecule has 0 saturated heterocycles. The zero-order chi connectivity index (χ0) is 24.1. The van der Waals surface area contributed by atoms with Crippen molar-refractivity contribution in [3.63, 3.8) is 0 Å². The molecule has 1 N–H and O–H groups in total. The summed E-state index contributed by atoms with van der Waals surface area (Å²) in [6.45, 7) is -0.171. The third-order valence-electron chi connectivity index (χ3n) is 4.60. The summed E-state index contributed by atoms with van der Waals surface area (Å²) in [6.07, 6.45) is 6.79. The third kappa shape index (κ3) is 8.84. The first-order valence-corrected chi connectivity index (χ1v) is 10.8. The summed E-state index contributed by atoms with van der Waals surface area (Å²) in [5.74, 6) is 0.483. The van der Waals surface area contributed by atoms with Gasteiger partial charge in [-0.2, -0.15) is 0 Å². The Hall–Kier alpha value is -2.65. The third-order valence-corrected chi connectivity index (χ3v) is 5.54. The van der Waals surface area contributed by atoms with Crippen LogP contribution in [0.3, 0.4) is 0 Å². The molecule has 0 aliphatic heterocycles. The fourth-order valence-electron chi connectivity index (χ4n) is 2.87. The number of methoxy groups -OCH3 is 3. The van der Waals surface area contributed by atoms with Gasteiger partial charge in [0, 0.05) is 15.7 Å². The molecule has 1 amide bonds. The number of rotatable bonds is 12. The molecule has 0 saturated carbocycles. The molecule has 0 aliphatic rings. The highest BCUT2D eigenvalue weighted by Gasteiger charge is 2.30. The Kier molecular flexibility index (Phi) is 12.3. The maximum absolute atomic E-state index is 12.4. The number of terminal acetylenes is 1. The SMILES string of the molecule is C#Cc1ccc(I)c(C(=O)NCCCCC(C(=O)OC)N(CC(=O)OC)CC(=O)OC)c1. The van der Waals surface area contributed by atoms with Crippen LogP contribution in [0.25, 0.3) is 0 Å². The lowest BCUT2D eigenvalue weighted by atomic mass is 10.1. The Balaban J connectivity index is 2.70. The van der Waals surface area contributed by atoms with E-state index in [1.807, 2.05) is 0 Å². The van der Waals surface area contributed by atoms with Gasteiger partial charge in [-0.05, 0) is 60.1 Å². The monoisotopic (exact) mass is 558 g/mol. The van der Waals surface area contributed by atoms with Crippen molar-refractivity contribution < 1.29 is 33.4 Å². The van der Waals surface area contributed by atoms with Crippen LogP contribution in [-0.2, 0) is 28.6 Å². The number of nitrogens with zero attached hydrogens (tertiary/aromatic N) is 1. The minimum atomic E-state index is -0.845. The van der Waals surface area contributed by atoms with Gasteiger partial charge < -0.3 is 19.5 Å². The van der Waals surface area contributed by atoms with Crippen molar-refractivity contribution >= 4 is 46.4 Å². The van der Waals surface area contributed by atoms with Gasteiger partial charge in [0.2, 0.25) is 0 Å². The van der Waals surface area contributed by atoms with Crippen molar-refractivity contribution in [1.29, 1.82) is 0 Å². The van der Waals surface area contributed by atoms with Gasteiger partial charge in [0.05, 0.1) is 40.0 Å². The molecule has 0 heterocycles. The maximum Gasteiger partial charge on any atom is 0.323 e. The summed E-state index contributed by atoms with van der Waals surface area (Å²) >= 11 is 2.07. The van der Waals surface area contributed by atoms with E-state index in [0.717, 1.165) is 3.57 Å². The van der Waals surface area contributed by atoms with E-state index in [9.17, 15) is 19.2 Å². The van der Waals surface area contributed by atoms with Crippen LogP contribution >= 0.6 is 22.6 Å². The van der Waals surface area contributed by atoms with Gasteiger partial charge >= 0.3 is 17.9 Å². The summed E-state index contributed by atoms with van der Waals surface area (Å²) < 4.78 is 14.9. The molecule has 1 aromatic rings. The molecular formula is C22H27IN2O7. The molecular weight excluding hydrogens is 531 g/mol. The minimum Gasteiger partial charge on any atom is -0.468 e. The van der Waals surface area contributed by atoms with Crippen molar-refractivity contribution in [3.05, 3.63) is 32.9 Å². The number of unbranched alkanes of at least 4 members (excludes halogenated alkanes) is 1. The molecule has 1 unspecified atom stereocenters. The number of benzene rings is 1.